The number of carboxylic acids is 1. The van der Waals surface area contributed by atoms with Gasteiger partial charge in [-0.05, 0) is 60.5 Å². The molecule has 0 radical (unpaired) electrons. The molecule has 5 aromatic rings. The lowest BCUT2D eigenvalue weighted by molar-refractivity contribution is 0.0697. The van der Waals surface area contributed by atoms with Crippen molar-refractivity contribution >= 4 is 28.5 Å². The Bertz CT molecular complexity index is 1690. The molecule has 0 unspecified atom stereocenters. The van der Waals surface area contributed by atoms with Crippen molar-refractivity contribution < 1.29 is 9.90 Å². The highest BCUT2D eigenvalue weighted by molar-refractivity contribution is 5.94. The Hall–Kier alpha value is -4.85. The van der Waals surface area contributed by atoms with Crippen LogP contribution < -0.4 is 5.56 Å². The zero-order valence-corrected chi connectivity index (χ0v) is 18.5. The molecule has 1 aliphatic rings. The quantitative estimate of drug-likeness (QED) is 0.428. The van der Waals surface area contributed by atoms with Crippen LogP contribution in [0, 0.1) is 0 Å². The van der Waals surface area contributed by atoms with Gasteiger partial charge in [0, 0.05) is 36.3 Å². The summed E-state index contributed by atoms with van der Waals surface area (Å²) >= 11 is 0. The van der Waals surface area contributed by atoms with Crippen LogP contribution in [0.25, 0.3) is 39.5 Å². The van der Waals surface area contributed by atoms with Crippen LogP contribution in [-0.4, -0.2) is 35.4 Å². The lowest BCUT2D eigenvalue weighted by Gasteiger charge is -2.06. The van der Waals surface area contributed by atoms with E-state index in [-0.39, 0.29) is 11.1 Å². The van der Waals surface area contributed by atoms with Crippen molar-refractivity contribution in [3.63, 3.8) is 0 Å². The summed E-state index contributed by atoms with van der Waals surface area (Å²) in [6, 6.07) is 18.1. The fourth-order valence-electron chi connectivity index (χ4n) is 4.41. The van der Waals surface area contributed by atoms with E-state index in [2.05, 4.69) is 4.98 Å². The highest BCUT2D eigenvalue weighted by Gasteiger charge is 2.23. The average molecular weight is 461 g/mol. The Morgan fingerprint density at radius 3 is 2.69 bits per heavy atom. The van der Waals surface area contributed by atoms with Gasteiger partial charge in [-0.15, -0.1) is 0 Å². The van der Waals surface area contributed by atoms with Crippen LogP contribution in [0.1, 0.15) is 28.2 Å². The molecule has 2 aromatic carbocycles. The lowest BCUT2D eigenvalue weighted by atomic mass is 10.1. The van der Waals surface area contributed by atoms with Gasteiger partial charge in [0.25, 0.3) is 5.56 Å². The Labute approximate surface area is 199 Å². The first-order chi connectivity index (χ1) is 17.1. The molecule has 1 N–H and O–H groups in total. The average Bonchev–Trinajstić information content (AvgIpc) is 3.50. The third-order valence-electron chi connectivity index (χ3n) is 6.12. The lowest BCUT2D eigenvalue weighted by Crippen LogP contribution is -2.21. The number of pyridine rings is 1. The van der Waals surface area contributed by atoms with E-state index in [0.717, 1.165) is 28.1 Å². The van der Waals surface area contributed by atoms with Crippen molar-refractivity contribution in [3.8, 4) is 16.9 Å². The predicted molar refractivity (Wildman–Crippen MR) is 132 cm³/mol. The fourth-order valence-corrected chi connectivity index (χ4v) is 4.41. The van der Waals surface area contributed by atoms with E-state index >= 15 is 0 Å². The number of hydrogen-bond donors (Lipinski definition) is 1. The Morgan fingerprint density at radius 1 is 1.06 bits per heavy atom. The summed E-state index contributed by atoms with van der Waals surface area (Å²) in [5.41, 5.74) is 4.64. The number of benzene rings is 2. The van der Waals surface area contributed by atoms with Crippen LogP contribution in [0.4, 0.5) is 0 Å². The third-order valence-corrected chi connectivity index (χ3v) is 6.12. The topological polar surface area (TPSA) is 103 Å². The molecule has 6 rings (SSSR count). The first-order valence-electron chi connectivity index (χ1n) is 11.1. The number of fused-ring (bicyclic) bond motifs is 2. The molecule has 4 heterocycles. The largest absolute Gasteiger partial charge is 0.478 e. The van der Waals surface area contributed by atoms with Crippen LogP contribution >= 0.6 is 0 Å². The summed E-state index contributed by atoms with van der Waals surface area (Å²) in [7, 11) is 0. The summed E-state index contributed by atoms with van der Waals surface area (Å²) < 4.78 is 3.48. The van der Waals surface area contributed by atoms with Gasteiger partial charge < -0.3 is 5.11 Å². The zero-order valence-electron chi connectivity index (χ0n) is 18.5. The molecule has 0 fully saturated rings. The summed E-state index contributed by atoms with van der Waals surface area (Å²) in [6.45, 7) is 0.513. The number of para-hydroxylation sites is 1. The summed E-state index contributed by atoms with van der Waals surface area (Å²) in [5, 5.41) is 14.6. The number of nitrogens with zero attached hydrogens (tertiary/aromatic N) is 5. The highest BCUT2D eigenvalue weighted by Crippen LogP contribution is 2.31. The van der Waals surface area contributed by atoms with Gasteiger partial charge in [-0.25, -0.2) is 14.5 Å². The fraction of sp³-hybridized carbons (Fsp3) is 0.0741. The molecule has 1 aliphatic heterocycles. The van der Waals surface area contributed by atoms with Gasteiger partial charge in [0.2, 0.25) is 0 Å². The van der Waals surface area contributed by atoms with Crippen LogP contribution in [0.3, 0.4) is 0 Å². The van der Waals surface area contributed by atoms with Crippen molar-refractivity contribution in [2.75, 3.05) is 0 Å². The second-order valence-electron chi connectivity index (χ2n) is 8.30. The van der Waals surface area contributed by atoms with Gasteiger partial charge in [-0.1, -0.05) is 18.2 Å². The Balaban J connectivity index is 1.52. The van der Waals surface area contributed by atoms with Crippen LogP contribution in [0.15, 0.2) is 84.0 Å². The SMILES string of the molecule is O=C(O)c1ccc2c(=O)n3c(nc2c1)/C(=C/c1cn(-c2ccccc2)nc1-c1cccnc1)CC3. The van der Waals surface area contributed by atoms with Crippen LogP contribution in [0.5, 0.6) is 0 Å². The summed E-state index contributed by atoms with van der Waals surface area (Å²) in [4.78, 5) is 33.5. The zero-order chi connectivity index (χ0) is 23.9. The van der Waals surface area contributed by atoms with Crippen molar-refractivity contribution in [2.24, 2.45) is 0 Å². The molecule has 0 saturated heterocycles. The monoisotopic (exact) mass is 461 g/mol. The van der Waals surface area contributed by atoms with Crippen molar-refractivity contribution in [2.45, 2.75) is 13.0 Å². The van der Waals surface area contributed by atoms with Crippen LogP contribution in [-0.2, 0) is 6.54 Å². The molecule has 170 valence electrons. The van der Waals surface area contributed by atoms with E-state index in [1.165, 1.54) is 18.2 Å². The van der Waals surface area contributed by atoms with Gasteiger partial charge in [0.15, 0.2) is 0 Å². The molecule has 8 nitrogen and oxygen atoms in total. The minimum atomic E-state index is -1.06. The molecule has 0 aliphatic carbocycles. The summed E-state index contributed by atoms with van der Waals surface area (Å²) in [6.07, 6.45) is 8.08. The predicted octanol–water partition coefficient (Wildman–Crippen LogP) is 4.29. The molecule has 0 amide bonds. The normalized spacial score (nSPS) is 13.9. The first kappa shape index (κ1) is 20.7. The molecule has 0 spiro atoms. The van der Waals surface area contributed by atoms with Gasteiger partial charge in [0.1, 0.15) is 11.5 Å². The first-order valence-corrected chi connectivity index (χ1v) is 11.1. The summed E-state index contributed by atoms with van der Waals surface area (Å²) in [5.74, 6) is -0.505. The molecule has 0 bridgehead atoms. The van der Waals surface area contributed by atoms with E-state index in [0.29, 0.717) is 29.7 Å². The minimum Gasteiger partial charge on any atom is -0.478 e. The number of aromatic nitrogens is 5. The van der Waals surface area contributed by atoms with Crippen molar-refractivity contribution in [1.29, 1.82) is 0 Å². The molecule has 35 heavy (non-hydrogen) atoms. The van der Waals surface area contributed by atoms with E-state index in [1.54, 1.807) is 17.0 Å². The number of allylic oxidation sites excluding steroid dienone is 1. The number of aromatic carboxylic acids is 1. The number of hydrogen-bond acceptors (Lipinski definition) is 5. The van der Waals surface area contributed by atoms with E-state index in [1.807, 2.05) is 59.4 Å². The number of carbonyl (C=O) groups is 1. The maximum atomic E-state index is 13.1. The molecule has 8 heteroatoms. The number of rotatable bonds is 4. The molecular formula is C27H19N5O3. The van der Waals surface area contributed by atoms with E-state index in [4.69, 9.17) is 10.1 Å². The van der Waals surface area contributed by atoms with Crippen molar-refractivity contribution in [3.05, 3.63) is 107 Å². The second kappa shape index (κ2) is 8.18. The van der Waals surface area contributed by atoms with Crippen molar-refractivity contribution in [1.82, 2.24) is 24.3 Å². The molecular weight excluding hydrogens is 442 g/mol. The van der Waals surface area contributed by atoms with E-state index in [9.17, 15) is 14.7 Å². The Morgan fingerprint density at radius 2 is 1.91 bits per heavy atom. The third kappa shape index (κ3) is 3.61. The van der Waals surface area contributed by atoms with Gasteiger partial charge in [0.05, 0.1) is 22.2 Å². The molecule has 0 saturated carbocycles. The molecule has 3 aromatic heterocycles. The van der Waals surface area contributed by atoms with Gasteiger partial charge in [-0.3, -0.25) is 14.3 Å². The standard InChI is InChI=1S/C27H19N5O3/c33-26-22-9-8-18(27(34)35)14-23(22)29-25-17(10-12-31(25)26)13-20-16-32(21-6-2-1-3-7-21)30-24(20)19-5-4-11-28-15-19/h1-9,11,13-16H,10,12H2,(H,34,35)/b17-13+. The minimum absolute atomic E-state index is 0.0980. The van der Waals surface area contributed by atoms with Crippen LogP contribution in [0.2, 0.25) is 0 Å². The maximum Gasteiger partial charge on any atom is 0.335 e. The van der Waals surface area contributed by atoms with E-state index < -0.39 is 5.97 Å². The number of carboxylic acid groups (broad SMARTS) is 1. The van der Waals surface area contributed by atoms with Gasteiger partial charge in [-0.2, -0.15) is 5.10 Å². The maximum absolute atomic E-state index is 13.1. The van der Waals surface area contributed by atoms with Gasteiger partial charge >= 0.3 is 5.97 Å². The second-order valence-corrected chi connectivity index (χ2v) is 8.30. The smallest absolute Gasteiger partial charge is 0.335 e. The Kier molecular flexibility index (Phi) is 4.84. The molecule has 0 atom stereocenters. The highest BCUT2D eigenvalue weighted by atomic mass is 16.4.